The molecule has 0 aliphatic heterocycles. The molecule has 0 bridgehead atoms. The topological polar surface area (TPSA) is 67.9 Å². The lowest BCUT2D eigenvalue weighted by molar-refractivity contribution is -0.143. The SMILES string of the molecule is CCOc1ccccc1/C=C/C(=O)OCC(=O)NCc1ccc(N(C)C)cc1. The van der Waals surface area contributed by atoms with Gasteiger partial charge < -0.3 is 19.7 Å². The lowest BCUT2D eigenvalue weighted by atomic mass is 10.2. The van der Waals surface area contributed by atoms with Crippen LogP contribution in [0.5, 0.6) is 5.75 Å². The maximum atomic E-state index is 11.9. The third-order valence-electron chi connectivity index (χ3n) is 3.91. The molecule has 28 heavy (non-hydrogen) atoms. The van der Waals surface area contributed by atoms with Gasteiger partial charge in [0.1, 0.15) is 5.75 Å². The average molecular weight is 382 g/mol. The van der Waals surface area contributed by atoms with Crippen LogP contribution in [0.3, 0.4) is 0 Å². The zero-order valence-electron chi connectivity index (χ0n) is 16.5. The summed E-state index contributed by atoms with van der Waals surface area (Å²) in [5.74, 6) is -0.253. The summed E-state index contributed by atoms with van der Waals surface area (Å²) in [4.78, 5) is 25.7. The zero-order valence-corrected chi connectivity index (χ0v) is 16.5. The number of para-hydroxylation sites is 1. The molecular formula is C22H26N2O4. The second-order valence-electron chi connectivity index (χ2n) is 6.25. The third-order valence-corrected chi connectivity index (χ3v) is 3.91. The van der Waals surface area contributed by atoms with Crippen LogP contribution in [0.25, 0.3) is 6.08 Å². The molecular weight excluding hydrogens is 356 g/mol. The normalized spacial score (nSPS) is 10.5. The molecule has 0 unspecified atom stereocenters. The first-order chi connectivity index (χ1) is 13.5. The van der Waals surface area contributed by atoms with Crippen molar-refractivity contribution in [2.24, 2.45) is 0 Å². The molecule has 0 saturated heterocycles. The van der Waals surface area contributed by atoms with Gasteiger partial charge >= 0.3 is 5.97 Å². The maximum absolute atomic E-state index is 11.9. The van der Waals surface area contributed by atoms with Gasteiger partial charge in [-0.25, -0.2) is 4.79 Å². The highest BCUT2D eigenvalue weighted by Crippen LogP contribution is 2.19. The Hall–Kier alpha value is -3.28. The third kappa shape index (κ3) is 6.79. The van der Waals surface area contributed by atoms with E-state index in [0.29, 0.717) is 18.9 Å². The summed E-state index contributed by atoms with van der Waals surface area (Å²) in [5.41, 5.74) is 2.83. The standard InChI is InChI=1S/C22H26N2O4/c1-4-27-20-8-6-5-7-18(20)11-14-22(26)28-16-21(25)23-15-17-9-12-19(13-10-17)24(2)3/h5-14H,4,15-16H2,1-3H3,(H,23,25)/b14-11+. The van der Waals surface area contributed by atoms with Crippen LogP contribution in [-0.4, -0.2) is 39.2 Å². The maximum Gasteiger partial charge on any atom is 0.331 e. The van der Waals surface area contributed by atoms with Crippen molar-refractivity contribution in [1.82, 2.24) is 5.32 Å². The molecule has 2 aromatic carbocycles. The fourth-order valence-corrected chi connectivity index (χ4v) is 2.41. The molecule has 0 saturated carbocycles. The number of hydrogen-bond acceptors (Lipinski definition) is 5. The zero-order chi connectivity index (χ0) is 20.4. The number of nitrogens with one attached hydrogen (secondary N) is 1. The number of ether oxygens (including phenoxy) is 2. The van der Waals surface area contributed by atoms with Crippen molar-refractivity contribution in [3.63, 3.8) is 0 Å². The van der Waals surface area contributed by atoms with Gasteiger partial charge in [-0.15, -0.1) is 0 Å². The summed E-state index contributed by atoms with van der Waals surface area (Å²) in [5, 5.41) is 2.73. The number of benzene rings is 2. The first-order valence-electron chi connectivity index (χ1n) is 9.09. The molecule has 1 amide bonds. The quantitative estimate of drug-likeness (QED) is 0.533. The lowest BCUT2D eigenvalue weighted by Gasteiger charge is -2.12. The van der Waals surface area contributed by atoms with Gasteiger partial charge in [-0.2, -0.15) is 0 Å². The van der Waals surface area contributed by atoms with Gasteiger partial charge in [-0.05, 0) is 36.8 Å². The van der Waals surface area contributed by atoms with E-state index in [9.17, 15) is 9.59 Å². The minimum absolute atomic E-state index is 0.327. The number of nitrogens with zero attached hydrogens (tertiary/aromatic N) is 1. The van der Waals surface area contributed by atoms with Gasteiger partial charge in [0.15, 0.2) is 6.61 Å². The Morgan fingerprint density at radius 3 is 2.46 bits per heavy atom. The monoisotopic (exact) mass is 382 g/mol. The molecule has 2 aromatic rings. The van der Waals surface area contributed by atoms with E-state index in [-0.39, 0.29) is 12.5 Å². The van der Waals surface area contributed by atoms with Crippen LogP contribution in [0.15, 0.2) is 54.6 Å². The minimum Gasteiger partial charge on any atom is -0.493 e. The summed E-state index contributed by atoms with van der Waals surface area (Å²) < 4.78 is 10.5. The van der Waals surface area contributed by atoms with Crippen LogP contribution in [0.1, 0.15) is 18.1 Å². The van der Waals surface area contributed by atoms with Gasteiger partial charge in [0.2, 0.25) is 0 Å². The molecule has 0 aliphatic rings. The van der Waals surface area contributed by atoms with Gasteiger partial charge in [0, 0.05) is 38.0 Å². The fraction of sp³-hybridized carbons (Fsp3) is 0.273. The van der Waals surface area contributed by atoms with E-state index in [2.05, 4.69) is 5.32 Å². The van der Waals surface area contributed by atoms with Gasteiger partial charge in [-0.1, -0.05) is 30.3 Å². The Labute approximate surface area is 165 Å². The number of amides is 1. The molecule has 6 heteroatoms. The number of carbonyl (C=O) groups is 2. The Balaban J connectivity index is 1.77. The van der Waals surface area contributed by atoms with Crippen LogP contribution in [0.4, 0.5) is 5.69 Å². The van der Waals surface area contributed by atoms with Crippen LogP contribution in [-0.2, 0) is 20.9 Å². The van der Waals surface area contributed by atoms with Crippen molar-refractivity contribution in [2.45, 2.75) is 13.5 Å². The molecule has 6 nitrogen and oxygen atoms in total. The Morgan fingerprint density at radius 1 is 1.07 bits per heavy atom. The lowest BCUT2D eigenvalue weighted by Crippen LogP contribution is -2.28. The first-order valence-corrected chi connectivity index (χ1v) is 9.09. The minimum atomic E-state index is -0.586. The van der Waals surface area contributed by atoms with Crippen molar-refractivity contribution in [1.29, 1.82) is 0 Å². The van der Waals surface area contributed by atoms with Crippen LogP contribution >= 0.6 is 0 Å². The average Bonchev–Trinajstić information content (AvgIpc) is 2.70. The summed E-state index contributed by atoms with van der Waals surface area (Å²) >= 11 is 0. The Morgan fingerprint density at radius 2 is 1.79 bits per heavy atom. The van der Waals surface area contributed by atoms with Crippen molar-refractivity contribution in [3.05, 3.63) is 65.7 Å². The summed E-state index contributed by atoms with van der Waals surface area (Å²) in [6.45, 7) is 2.48. The van der Waals surface area contributed by atoms with Crippen molar-refractivity contribution < 1.29 is 19.1 Å². The molecule has 0 fully saturated rings. The number of anilines is 1. The summed E-state index contributed by atoms with van der Waals surface area (Å²) in [6.07, 6.45) is 2.89. The molecule has 0 aliphatic carbocycles. The molecule has 0 radical (unpaired) electrons. The molecule has 1 N–H and O–H groups in total. The van der Waals surface area contributed by atoms with E-state index in [1.807, 2.05) is 74.4 Å². The largest absolute Gasteiger partial charge is 0.493 e. The molecule has 0 aromatic heterocycles. The molecule has 0 heterocycles. The summed E-state index contributed by atoms with van der Waals surface area (Å²) in [6, 6.07) is 15.2. The van der Waals surface area contributed by atoms with Crippen molar-refractivity contribution >= 4 is 23.6 Å². The number of carbonyl (C=O) groups excluding carboxylic acids is 2. The molecule has 148 valence electrons. The predicted molar refractivity (Wildman–Crippen MR) is 110 cm³/mol. The van der Waals surface area contributed by atoms with Crippen LogP contribution in [0.2, 0.25) is 0 Å². The van der Waals surface area contributed by atoms with Gasteiger partial charge in [0.05, 0.1) is 6.61 Å². The second-order valence-corrected chi connectivity index (χ2v) is 6.25. The first kappa shape index (κ1) is 21.0. The summed E-state index contributed by atoms with van der Waals surface area (Å²) in [7, 11) is 3.93. The number of esters is 1. The van der Waals surface area contributed by atoms with E-state index in [1.54, 1.807) is 6.08 Å². The smallest absolute Gasteiger partial charge is 0.331 e. The van der Waals surface area contributed by atoms with E-state index < -0.39 is 5.97 Å². The van der Waals surface area contributed by atoms with Crippen molar-refractivity contribution in [2.75, 3.05) is 32.2 Å². The Bertz CT molecular complexity index is 814. The molecule has 2 rings (SSSR count). The van der Waals surface area contributed by atoms with Crippen LogP contribution in [0, 0.1) is 0 Å². The van der Waals surface area contributed by atoms with Crippen LogP contribution < -0.4 is 15.0 Å². The van der Waals surface area contributed by atoms with Gasteiger partial charge in [0.25, 0.3) is 5.91 Å². The van der Waals surface area contributed by atoms with Gasteiger partial charge in [-0.3, -0.25) is 4.79 Å². The molecule has 0 atom stereocenters. The molecule has 0 spiro atoms. The number of hydrogen-bond donors (Lipinski definition) is 1. The fourth-order valence-electron chi connectivity index (χ4n) is 2.41. The Kier molecular flexibility index (Phi) is 8.09. The number of rotatable bonds is 9. The van der Waals surface area contributed by atoms with E-state index in [0.717, 1.165) is 16.8 Å². The highest BCUT2D eigenvalue weighted by Gasteiger charge is 2.06. The highest BCUT2D eigenvalue weighted by molar-refractivity contribution is 5.89. The van der Waals surface area contributed by atoms with E-state index >= 15 is 0 Å². The predicted octanol–water partition coefficient (Wildman–Crippen LogP) is 3.02. The van der Waals surface area contributed by atoms with Crippen molar-refractivity contribution in [3.8, 4) is 5.75 Å². The highest BCUT2D eigenvalue weighted by atomic mass is 16.5. The van der Waals surface area contributed by atoms with E-state index in [1.165, 1.54) is 6.08 Å². The second kappa shape index (κ2) is 10.8. The van der Waals surface area contributed by atoms with E-state index in [4.69, 9.17) is 9.47 Å².